The number of anilines is 1. The summed E-state index contributed by atoms with van der Waals surface area (Å²) in [7, 11) is 0. The first kappa shape index (κ1) is 14.4. The third-order valence-electron chi connectivity index (χ3n) is 3.35. The van der Waals surface area contributed by atoms with Gasteiger partial charge in [0.15, 0.2) is 5.82 Å². The van der Waals surface area contributed by atoms with Crippen molar-refractivity contribution in [2.24, 2.45) is 5.73 Å². The first-order valence-corrected chi connectivity index (χ1v) is 7.06. The molecule has 0 bridgehead atoms. The Morgan fingerprint density at radius 1 is 1.36 bits per heavy atom. The van der Waals surface area contributed by atoms with Crippen LogP contribution in [0.2, 0.25) is 0 Å². The van der Waals surface area contributed by atoms with E-state index in [0.29, 0.717) is 47.9 Å². The van der Waals surface area contributed by atoms with Gasteiger partial charge in [0.1, 0.15) is 17.3 Å². The molecule has 3 aromatic heterocycles. The molecule has 114 valence electrons. The number of fused-ring (bicyclic) bond motifs is 1. The van der Waals surface area contributed by atoms with E-state index in [1.165, 1.54) is 0 Å². The van der Waals surface area contributed by atoms with Gasteiger partial charge in [-0.2, -0.15) is 0 Å². The fourth-order valence-electron chi connectivity index (χ4n) is 2.35. The fraction of sp³-hybridized carbons (Fsp3) is 0.267. The molecule has 0 aliphatic carbocycles. The lowest BCUT2D eigenvalue weighted by atomic mass is 10.2. The van der Waals surface area contributed by atoms with E-state index >= 15 is 0 Å². The second kappa shape index (κ2) is 6.07. The summed E-state index contributed by atoms with van der Waals surface area (Å²) in [6.45, 7) is 2.65. The van der Waals surface area contributed by atoms with Crippen molar-refractivity contribution in [3.63, 3.8) is 0 Å². The molecule has 0 amide bonds. The maximum atomic E-state index is 14.5. The second-order valence-corrected chi connectivity index (χ2v) is 5.01. The van der Waals surface area contributed by atoms with Gasteiger partial charge in [0, 0.05) is 25.4 Å². The van der Waals surface area contributed by atoms with Gasteiger partial charge in [0.2, 0.25) is 0 Å². The molecule has 7 heteroatoms. The summed E-state index contributed by atoms with van der Waals surface area (Å²) in [5, 5.41) is 3.53. The molecule has 22 heavy (non-hydrogen) atoms. The number of nitrogens with two attached hydrogens (primary N) is 1. The largest absolute Gasteiger partial charge is 0.365 e. The van der Waals surface area contributed by atoms with Crippen molar-refractivity contribution in [2.75, 3.05) is 11.9 Å². The Hall–Kier alpha value is -2.54. The minimum atomic E-state index is -0.339. The van der Waals surface area contributed by atoms with Crippen molar-refractivity contribution in [3.05, 3.63) is 47.4 Å². The van der Waals surface area contributed by atoms with Gasteiger partial charge in [-0.25, -0.2) is 14.4 Å². The first-order valence-electron chi connectivity index (χ1n) is 7.06. The fourth-order valence-corrected chi connectivity index (χ4v) is 2.35. The van der Waals surface area contributed by atoms with E-state index in [1.807, 2.05) is 12.1 Å². The maximum Gasteiger partial charge on any atom is 0.157 e. The van der Waals surface area contributed by atoms with E-state index in [4.69, 9.17) is 5.73 Å². The average molecular weight is 300 g/mol. The molecule has 0 radical (unpaired) electrons. The standard InChI is InChI=1S/C15H17FN6/c1-9-20-14(19-8-10-3-2-6-18-7-10)12-13(16)11(4-5-17)22-15(12)21-9/h2-3,6-7H,4-5,8,17H2,1H3,(H2,19,20,21,22). The molecule has 0 atom stereocenters. The number of aromatic nitrogens is 4. The number of nitrogens with one attached hydrogen (secondary N) is 2. The molecular weight excluding hydrogens is 283 g/mol. The van der Waals surface area contributed by atoms with Crippen molar-refractivity contribution in [1.82, 2.24) is 19.9 Å². The number of halogens is 1. The third-order valence-corrected chi connectivity index (χ3v) is 3.35. The predicted octanol–water partition coefficient (Wildman–Crippen LogP) is 1.91. The van der Waals surface area contributed by atoms with Gasteiger partial charge >= 0.3 is 0 Å². The normalized spacial score (nSPS) is 11.0. The Morgan fingerprint density at radius 2 is 2.23 bits per heavy atom. The van der Waals surface area contributed by atoms with E-state index in [1.54, 1.807) is 19.3 Å². The number of hydrogen-bond donors (Lipinski definition) is 3. The third kappa shape index (κ3) is 2.75. The molecule has 6 nitrogen and oxygen atoms in total. The predicted molar refractivity (Wildman–Crippen MR) is 82.9 cm³/mol. The van der Waals surface area contributed by atoms with Gasteiger partial charge in [-0.15, -0.1) is 0 Å². The minimum absolute atomic E-state index is 0.339. The number of rotatable bonds is 5. The average Bonchev–Trinajstić information content (AvgIpc) is 2.82. The Bertz CT molecular complexity index is 784. The minimum Gasteiger partial charge on any atom is -0.365 e. The van der Waals surface area contributed by atoms with Crippen molar-refractivity contribution < 1.29 is 4.39 Å². The number of nitrogens with zero attached hydrogens (tertiary/aromatic N) is 3. The molecule has 0 aliphatic rings. The van der Waals surface area contributed by atoms with Crippen molar-refractivity contribution >= 4 is 16.9 Å². The van der Waals surface area contributed by atoms with Gasteiger partial charge < -0.3 is 16.0 Å². The SMILES string of the molecule is Cc1nc(NCc2cccnc2)c2c(F)c(CCN)[nH]c2n1. The topological polar surface area (TPSA) is 92.5 Å². The number of hydrogen-bond acceptors (Lipinski definition) is 5. The Balaban J connectivity index is 1.97. The van der Waals surface area contributed by atoms with Crippen LogP contribution in [0.1, 0.15) is 17.1 Å². The highest BCUT2D eigenvalue weighted by Gasteiger charge is 2.17. The first-order chi connectivity index (χ1) is 10.7. The Kier molecular flexibility index (Phi) is 3.97. The van der Waals surface area contributed by atoms with Gasteiger partial charge in [0.25, 0.3) is 0 Å². The molecule has 0 fully saturated rings. The highest BCUT2D eigenvalue weighted by molar-refractivity contribution is 5.88. The summed E-state index contributed by atoms with van der Waals surface area (Å²) in [5.41, 5.74) is 7.45. The van der Waals surface area contributed by atoms with Crippen LogP contribution in [0.4, 0.5) is 10.2 Å². The van der Waals surface area contributed by atoms with Crippen LogP contribution in [0.25, 0.3) is 11.0 Å². The van der Waals surface area contributed by atoms with Crippen LogP contribution in [0.3, 0.4) is 0 Å². The molecule has 0 unspecified atom stereocenters. The van der Waals surface area contributed by atoms with E-state index in [-0.39, 0.29) is 5.82 Å². The molecular formula is C15H17FN6. The molecule has 4 N–H and O–H groups in total. The lowest BCUT2D eigenvalue weighted by Gasteiger charge is -2.07. The van der Waals surface area contributed by atoms with Crippen LogP contribution in [-0.2, 0) is 13.0 Å². The van der Waals surface area contributed by atoms with Crippen molar-refractivity contribution in [2.45, 2.75) is 19.9 Å². The number of aryl methyl sites for hydroxylation is 1. The Morgan fingerprint density at radius 3 is 2.95 bits per heavy atom. The quantitative estimate of drug-likeness (QED) is 0.669. The van der Waals surface area contributed by atoms with Gasteiger partial charge in [-0.1, -0.05) is 6.07 Å². The van der Waals surface area contributed by atoms with E-state index in [0.717, 1.165) is 5.56 Å². The summed E-state index contributed by atoms with van der Waals surface area (Å²) in [5.74, 6) is 0.708. The summed E-state index contributed by atoms with van der Waals surface area (Å²) in [6.07, 6.45) is 3.90. The highest BCUT2D eigenvalue weighted by atomic mass is 19.1. The van der Waals surface area contributed by atoms with Gasteiger partial charge in [0.05, 0.1) is 11.1 Å². The van der Waals surface area contributed by atoms with Crippen LogP contribution in [0, 0.1) is 12.7 Å². The molecule has 3 rings (SSSR count). The summed E-state index contributed by atoms with van der Waals surface area (Å²) in [6, 6.07) is 3.80. The molecule has 3 aromatic rings. The van der Waals surface area contributed by atoms with Gasteiger partial charge in [-0.3, -0.25) is 4.98 Å². The van der Waals surface area contributed by atoms with Crippen LogP contribution in [0.15, 0.2) is 24.5 Å². The molecule has 0 spiro atoms. The number of pyridine rings is 1. The zero-order chi connectivity index (χ0) is 15.5. The monoisotopic (exact) mass is 300 g/mol. The van der Waals surface area contributed by atoms with Crippen molar-refractivity contribution in [3.8, 4) is 0 Å². The number of aromatic amines is 1. The smallest absolute Gasteiger partial charge is 0.157 e. The van der Waals surface area contributed by atoms with E-state index in [2.05, 4.69) is 25.3 Å². The Labute approximate surface area is 127 Å². The van der Waals surface area contributed by atoms with Crippen LogP contribution in [0.5, 0.6) is 0 Å². The van der Waals surface area contributed by atoms with Crippen LogP contribution >= 0.6 is 0 Å². The summed E-state index contributed by atoms with van der Waals surface area (Å²) in [4.78, 5) is 15.6. The van der Waals surface area contributed by atoms with Gasteiger partial charge in [-0.05, 0) is 25.1 Å². The summed E-state index contributed by atoms with van der Waals surface area (Å²) < 4.78 is 14.5. The summed E-state index contributed by atoms with van der Waals surface area (Å²) >= 11 is 0. The molecule has 0 aliphatic heterocycles. The van der Waals surface area contributed by atoms with Crippen molar-refractivity contribution in [1.29, 1.82) is 0 Å². The van der Waals surface area contributed by atoms with E-state index < -0.39 is 0 Å². The molecule has 0 saturated carbocycles. The highest BCUT2D eigenvalue weighted by Crippen LogP contribution is 2.26. The molecule has 0 saturated heterocycles. The van der Waals surface area contributed by atoms with E-state index in [9.17, 15) is 4.39 Å². The lowest BCUT2D eigenvalue weighted by Crippen LogP contribution is -2.05. The lowest BCUT2D eigenvalue weighted by molar-refractivity contribution is 0.618. The molecule has 3 heterocycles. The second-order valence-electron chi connectivity index (χ2n) is 5.01. The van der Waals surface area contributed by atoms with Crippen LogP contribution < -0.4 is 11.1 Å². The molecule has 0 aromatic carbocycles. The zero-order valence-electron chi connectivity index (χ0n) is 12.2. The maximum absolute atomic E-state index is 14.5. The zero-order valence-corrected chi connectivity index (χ0v) is 12.2. The van der Waals surface area contributed by atoms with Crippen LogP contribution in [-0.4, -0.2) is 26.5 Å². The number of H-pyrrole nitrogens is 1.